The van der Waals surface area contributed by atoms with E-state index in [1.165, 1.54) is 0 Å². The molecule has 0 saturated carbocycles. The number of hydrogen-bond acceptors (Lipinski definition) is 4. The van der Waals surface area contributed by atoms with Crippen LogP contribution in [0.3, 0.4) is 0 Å². The van der Waals surface area contributed by atoms with Gasteiger partial charge in [-0.2, -0.15) is 0 Å². The van der Waals surface area contributed by atoms with Gasteiger partial charge in [-0.15, -0.1) is 0 Å². The molecule has 24 heavy (non-hydrogen) atoms. The quantitative estimate of drug-likeness (QED) is 0.528. The molecule has 0 N–H and O–H groups in total. The molecule has 0 saturated heterocycles. The molecule has 0 aliphatic rings. The molecule has 0 bridgehead atoms. The molecule has 0 fully saturated rings. The van der Waals surface area contributed by atoms with E-state index >= 15 is 0 Å². The average Bonchev–Trinajstić information content (AvgIpc) is 3.03. The van der Waals surface area contributed by atoms with Crippen LogP contribution in [-0.2, 0) is 22.6 Å². The highest BCUT2D eigenvalue weighted by molar-refractivity contribution is 5.86. The first-order valence-electron chi connectivity index (χ1n) is 7.77. The van der Waals surface area contributed by atoms with Gasteiger partial charge in [0.05, 0.1) is 6.42 Å². The summed E-state index contributed by atoms with van der Waals surface area (Å²) in [5.74, 6) is -0.318. The van der Waals surface area contributed by atoms with Crippen LogP contribution >= 0.6 is 0 Å². The van der Waals surface area contributed by atoms with Crippen LogP contribution in [0, 0.1) is 0 Å². The van der Waals surface area contributed by atoms with Crippen LogP contribution in [0.1, 0.15) is 11.3 Å². The molecule has 0 unspecified atom stereocenters. The minimum Gasteiger partial charge on any atom is -0.460 e. The molecule has 1 heterocycles. The predicted octanol–water partition coefficient (Wildman–Crippen LogP) is 4.27. The maximum absolute atomic E-state index is 12.2. The van der Waals surface area contributed by atoms with Gasteiger partial charge in [0.25, 0.3) is 0 Å². The van der Waals surface area contributed by atoms with Crippen molar-refractivity contribution in [2.45, 2.75) is 13.0 Å². The number of fused-ring (bicyclic) bond motifs is 2. The number of aromatic nitrogens is 1. The van der Waals surface area contributed by atoms with Crippen LogP contribution in [0.15, 0.2) is 71.3 Å². The van der Waals surface area contributed by atoms with E-state index in [0.717, 1.165) is 21.7 Å². The van der Waals surface area contributed by atoms with Gasteiger partial charge in [0.2, 0.25) is 0 Å². The Kier molecular flexibility index (Phi) is 3.71. The predicted molar refractivity (Wildman–Crippen MR) is 91.5 cm³/mol. The number of nitrogens with zero attached hydrogens (tertiary/aromatic N) is 1. The maximum atomic E-state index is 12.2. The molecule has 118 valence electrons. The summed E-state index contributed by atoms with van der Waals surface area (Å²) < 4.78 is 10.7. The lowest BCUT2D eigenvalue weighted by Gasteiger charge is -2.07. The lowest BCUT2D eigenvalue weighted by molar-refractivity contribution is -0.144. The van der Waals surface area contributed by atoms with Gasteiger partial charge >= 0.3 is 5.97 Å². The molecule has 0 aliphatic heterocycles. The fraction of sp³-hybridized carbons (Fsp3) is 0.100. The summed E-state index contributed by atoms with van der Waals surface area (Å²) in [6, 6.07) is 21.5. The van der Waals surface area contributed by atoms with Crippen LogP contribution in [0.4, 0.5) is 0 Å². The number of ether oxygens (including phenoxy) is 1. The Bertz CT molecular complexity index is 1010. The van der Waals surface area contributed by atoms with Gasteiger partial charge in [-0.1, -0.05) is 59.8 Å². The largest absolute Gasteiger partial charge is 0.460 e. The fourth-order valence-electron chi connectivity index (χ4n) is 2.83. The van der Waals surface area contributed by atoms with Gasteiger partial charge in [-0.3, -0.25) is 4.79 Å². The minimum atomic E-state index is -0.318. The first-order chi connectivity index (χ1) is 11.8. The van der Waals surface area contributed by atoms with E-state index < -0.39 is 0 Å². The standard InChI is InChI=1S/C20H15NO3/c22-20(12-18-17-10-3-4-11-19(17)24-21-18)23-13-15-8-5-7-14-6-1-2-9-16(14)15/h1-11H,12-13H2. The second-order valence-corrected chi connectivity index (χ2v) is 5.60. The first-order valence-corrected chi connectivity index (χ1v) is 7.77. The molecule has 0 aliphatic carbocycles. The van der Waals surface area contributed by atoms with Crippen LogP contribution < -0.4 is 0 Å². The Morgan fingerprint density at radius 2 is 1.67 bits per heavy atom. The van der Waals surface area contributed by atoms with E-state index in [2.05, 4.69) is 5.16 Å². The zero-order valence-electron chi connectivity index (χ0n) is 12.9. The minimum absolute atomic E-state index is 0.0990. The van der Waals surface area contributed by atoms with Gasteiger partial charge < -0.3 is 9.26 Å². The molecule has 4 nitrogen and oxygen atoms in total. The van der Waals surface area contributed by atoms with E-state index in [4.69, 9.17) is 9.26 Å². The molecule has 0 radical (unpaired) electrons. The lowest BCUT2D eigenvalue weighted by Crippen LogP contribution is -2.08. The van der Waals surface area contributed by atoms with Crippen LogP contribution in [0.5, 0.6) is 0 Å². The highest BCUT2D eigenvalue weighted by Crippen LogP contribution is 2.21. The maximum Gasteiger partial charge on any atom is 0.312 e. The number of carbonyl (C=O) groups is 1. The summed E-state index contributed by atoms with van der Waals surface area (Å²) in [7, 11) is 0. The number of esters is 1. The van der Waals surface area contributed by atoms with Crippen molar-refractivity contribution in [1.82, 2.24) is 5.16 Å². The van der Waals surface area contributed by atoms with Crippen molar-refractivity contribution in [2.24, 2.45) is 0 Å². The third kappa shape index (κ3) is 2.74. The van der Waals surface area contributed by atoms with E-state index in [1.807, 2.05) is 66.7 Å². The normalized spacial score (nSPS) is 11.0. The summed E-state index contributed by atoms with van der Waals surface area (Å²) in [5, 5.41) is 7.04. The van der Waals surface area contributed by atoms with E-state index in [1.54, 1.807) is 0 Å². The molecule has 0 amide bonds. The van der Waals surface area contributed by atoms with Crippen molar-refractivity contribution in [2.75, 3.05) is 0 Å². The third-order valence-electron chi connectivity index (χ3n) is 4.03. The number of para-hydroxylation sites is 1. The first kappa shape index (κ1) is 14.5. The van der Waals surface area contributed by atoms with Crippen molar-refractivity contribution in [3.05, 3.63) is 78.0 Å². The van der Waals surface area contributed by atoms with Gasteiger partial charge in [0.15, 0.2) is 5.58 Å². The topological polar surface area (TPSA) is 52.3 Å². The summed E-state index contributed by atoms with van der Waals surface area (Å²) in [6.45, 7) is 0.246. The average molecular weight is 317 g/mol. The molecular formula is C20H15NO3. The van der Waals surface area contributed by atoms with Gasteiger partial charge in [-0.25, -0.2) is 0 Å². The van der Waals surface area contributed by atoms with Crippen molar-refractivity contribution in [3.8, 4) is 0 Å². The second-order valence-electron chi connectivity index (χ2n) is 5.60. The van der Waals surface area contributed by atoms with Crippen molar-refractivity contribution < 1.29 is 14.1 Å². The van der Waals surface area contributed by atoms with Crippen LogP contribution in [0.2, 0.25) is 0 Å². The molecule has 1 aromatic heterocycles. The lowest BCUT2D eigenvalue weighted by atomic mass is 10.1. The van der Waals surface area contributed by atoms with Gasteiger partial charge in [0.1, 0.15) is 12.3 Å². The van der Waals surface area contributed by atoms with Gasteiger partial charge in [0, 0.05) is 5.39 Å². The van der Waals surface area contributed by atoms with E-state index in [0.29, 0.717) is 11.3 Å². The second kappa shape index (κ2) is 6.16. The molecule has 0 atom stereocenters. The van der Waals surface area contributed by atoms with E-state index in [-0.39, 0.29) is 19.0 Å². The Hall–Kier alpha value is -3.14. The Morgan fingerprint density at radius 3 is 2.58 bits per heavy atom. The Morgan fingerprint density at radius 1 is 0.917 bits per heavy atom. The number of carbonyl (C=O) groups excluding carboxylic acids is 1. The molecule has 4 aromatic rings. The van der Waals surface area contributed by atoms with Crippen molar-refractivity contribution >= 4 is 27.7 Å². The summed E-state index contributed by atoms with van der Waals surface area (Å²) in [5.41, 5.74) is 2.27. The molecule has 0 spiro atoms. The summed E-state index contributed by atoms with van der Waals surface area (Å²) in [6.07, 6.45) is 0.0990. The molecule has 4 rings (SSSR count). The summed E-state index contributed by atoms with van der Waals surface area (Å²) in [4.78, 5) is 12.2. The third-order valence-corrected chi connectivity index (χ3v) is 4.03. The van der Waals surface area contributed by atoms with E-state index in [9.17, 15) is 4.79 Å². The van der Waals surface area contributed by atoms with Crippen LogP contribution in [0.25, 0.3) is 21.7 Å². The highest BCUT2D eigenvalue weighted by Gasteiger charge is 2.13. The number of hydrogen-bond donors (Lipinski definition) is 0. The highest BCUT2D eigenvalue weighted by atomic mass is 16.5. The molecule has 4 heteroatoms. The Labute approximate surface area is 138 Å². The van der Waals surface area contributed by atoms with Crippen molar-refractivity contribution in [3.63, 3.8) is 0 Å². The zero-order valence-corrected chi connectivity index (χ0v) is 12.9. The van der Waals surface area contributed by atoms with Crippen LogP contribution in [-0.4, -0.2) is 11.1 Å². The van der Waals surface area contributed by atoms with Crippen molar-refractivity contribution in [1.29, 1.82) is 0 Å². The zero-order chi connectivity index (χ0) is 16.4. The van der Waals surface area contributed by atoms with Gasteiger partial charge in [-0.05, 0) is 28.5 Å². The number of rotatable bonds is 4. The Balaban J connectivity index is 1.48. The SMILES string of the molecule is O=C(Cc1noc2ccccc12)OCc1cccc2ccccc12. The smallest absolute Gasteiger partial charge is 0.312 e. The molecular weight excluding hydrogens is 302 g/mol. The fourth-order valence-corrected chi connectivity index (χ4v) is 2.83. The summed E-state index contributed by atoms with van der Waals surface area (Å²) >= 11 is 0. The number of benzene rings is 3. The molecule has 3 aromatic carbocycles. The monoisotopic (exact) mass is 317 g/mol.